The van der Waals surface area contributed by atoms with Gasteiger partial charge < -0.3 is 9.84 Å². The standard InChI is InChI=1S/C17H15NO5/c1-16-6-7-17(2,23-16)12-11(16)13(19)18(14(12)20)10-5-3-4-9(8-10)15(21)22/h3-8,11-12H,1-2H3,(H,21,22)/t11-,12+,16-,17-/m1/s1. The van der Waals surface area contributed by atoms with E-state index in [9.17, 15) is 14.4 Å². The van der Waals surface area contributed by atoms with E-state index in [0.29, 0.717) is 5.69 Å². The fraction of sp³-hybridized carbons (Fsp3) is 0.353. The summed E-state index contributed by atoms with van der Waals surface area (Å²) in [6, 6.07) is 5.87. The zero-order chi connectivity index (χ0) is 16.6. The topological polar surface area (TPSA) is 83.9 Å². The summed E-state index contributed by atoms with van der Waals surface area (Å²) in [4.78, 5) is 37.9. The van der Waals surface area contributed by atoms with Gasteiger partial charge in [-0.2, -0.15) is 0 Å². The summed E-state index contributed by atoms with van der Waals surface area (Å²) in [6.07, 6.45) is 3.69. The number of ether oxygens (including phenoxy) is 1. The Morgan fingerprint density at radius 1 is 1.13 bits per heavy atom. The quantitative estimate of drug-likeness (QED) is 0.662. The van der Waals surface area contributed by atoms with Crippen LogP contribution in [0.4, 0.5) is 5.69 Å². The lowest BCUT2D eigenvalue weighted by atomic mass is 9.73. The smallest absolute Gasteiger partial charge is 0.335 e. The number of benzene rings is 1. The maximum absolute atomic E-state index is 12.9. The van der Waals surface area contributed by atoms with Crippen LogP contribution in [0.3, 0.4) is 0 Å². The lowest BCUT2D eigenvalue weighted by Gasteiger charge is -2.25. The molecule has 2 fully saturated rings. The Hall–Kier alpha value is -2.47. The second-order valence-electron chi connectivity index (χ2n) is 6.63. The predicted molar refractivity (Wildman–Crippen MR) is 79.9 cm³/mol. The molecular weight excluding hydrogens is 298 g/mol. The summed E-state index contributed by atoms with van der Waals surface area (Å²) in [5.41, 5.74) is -1.24. The van der Waals surface area contributed by atoms with Gasteiger partial charge in [0.2, 0.25) is 11.8 Å². The molecule has 4 atom stereocenters. The minimum atomic E-state index is -1.10. The third-order valence-corrected chi connectivity index (χ3v) is 5.08. The van der Waals surface area contributed by atoms with E-state index in [1.807, 2.05) is 26.0 Å². The molecule has 0 unspecified atom stereocenters. The fourth-order valence-corrected chi connectivity index (χ4v) is 4.06. The Labute approximate surface area is 132 Å². The van der Waals surface area contributed by atoms with Crippen molar-refractivity contribution >= 4 is 23.5 Å². The zero-order valence-corrected chi connectivity index (χ0v) is 12.6. The molecule has 6 nitrogen and oxygen atoms in total. The molecule has 3 aliphatic heterocycles. The number of hydrogen-bond acceptors (Lipinski definition) is 4. The van der Waals surface area contributed by atoms with E-state index < -0.39 is 29.0 Å². The molecule has 0 radical (unpaired) electrons. The molecule has 0 saturated carbocycles. The molecule has 6 heteroatoms. The largest absolute Gasteiger partial charge is 0.478 e. The number of carbonyl (C=O) groups is 3. The van der Waals surface area contributed by atoms with Gasteiger partial charge in [-0.05, 0) is 32.0 Å². The van der Waals surface area contributed by atoms with E-state index in [-0.39, 0.29) is 17.4 Å². The molecule has 0 aliphatic carbocycles. The number of anilines is 1. The molecule has 0 spiro atoms. The van der Waals surface area contributed by atoms with Crippen molar-refractivity contribution < 1.29 is 24.2 Å². The molecule has 4 rings (SSSR count). The minimum absolute atomic E-state index is 0.0370. The molecular formula is C17H15NO5. The van der Waals surface area contributed by atoms with Gasteiger partial charge in [-0.3, -0.25) is 9.59 Å². The van der Waals surface area contributed by atoms with Gasteiger partial charge in [-0.15, -0.1) is 0 Å². The zero-order valence-electron chi connectivity index (χ0n) is 12.6. The van der Waals surface area contributed by atoms with Gasteiger partial charge in [0.1, 0.15) is 0 Å². The van der Waals surface area contributed by atoms with Gasteiger partial charge in [-0.1, -0.05) is 18.2 Å². The number of carboxylic acids is 1. The molecule has 118 valence electrons. The van der Waals surface area contributed by atoms with Crippen molar-refractivity contribution in [3.05, 3.63) is 42.0 Å². The molecule has 2 saturated heterocycles. The van der Waals surface area contributed by atoms with E-state index in [2.05, 4.69) is 0 Å². The number of carboxylic acid groups (broad SMARTS) is 1. The summed E-state index contributed by atoms with van der Waals surface area (Å²) in [7, 11) is 0. The second kappa shape index (κ2) is 4.08. The maximum Gasteiger partial charge on any atom is 0.335 e. The first-order chi connectivity index (χ1) is 10.8. The highest BCUT2D eigenvalue weighted by molar-refractivity contribution is 6.23. The number of aromatic carboxylic acids is 1. The molecule has 3 aliphatic rings. The lowest BCUT2D eigenvalue weighted by molar-refractivity contribution is -0.128. The summed E-state index contributed by atoms with van der Waals surface area (Å²) in [6.45, 7) is 3.61. The Kier molecular flexibility index (Phi) is 2.51. The Morgan fingerprint density at radius 2 is 1.70 bits per heavy atom. The van der Waals surface area contributed by atoms with Gasteiger partial charge in [-0.25, -0.2) is 9.69 Å². The first kappa shape index (κ1) is 14.1. The fourth-order valence-electron chi connectivity index (χ4n) is 4.06. The summed E-state index contributed by atoms with van der Waals surface area (Å²) in [5.74, 6) is -2.91. The van der Waals surface area contributed by atoms with Gasteiger partial charge in [0.05, 0.1) is 34.3 Å². The van der Waals surface area contributed by atoms with Crippen molar-refractivity contribution in [1.82, 2.24) is 0 Å². The van der Waals surface area contributed by atoms with E-state index in [1.54, 1.807) is 6.07 Å². The van der Waals surface area contributed by atoms with Gasteiger partial charge in [0.15, 0.2) is 0 Å². The number of carbonyl (C=O) groups excluding carboxylic acids is 2. The van der Waals surface area contributed by atoms with E-state index in [4.69, 9.17) is 9.84 Å². The minimum Gasteiger partial charge on any atom is -0.478 e. The van der Waals surface area contributed by atoms with Gasteiger partial charge in [0.25, 0.3) is 0 Å². The Morgan fingerprint density at radius 3 is 2.22 bits per heavy atom. The first-order valence-corrected chi connectivity index (χ1v) is 7.39. The molecule has 2 amide bonds. The van der Waals surface area contributed by atoms with Crippen molar-refractivity contribution in [2.24, 2.45) is 11.8 Å². The predicted octanol–water partition coefficient (Wildman–Crippen LogP) is 1.61. The summed E-state index contributed by atoms with van der Waals surface area (Å²) >= 11 is 0. The van der Waals surface area contributed by atoms with Crippen molar-refractivity contribution in [2.75, 3.05) is 4.90 Å². The molecule has 0 aromatic heterocycles. The second-order valence-corrected chi connectivity index (χ2v) is 6.63. The first-order valence-electron chi connectivity index (χ1n) is 7.39. The maximum atomic E-state index is 12.9. The average Bonchev–Trinajstić information content (AvgIpc) is 3.04. The Bertz CT molecular complexity index is 764. The number of rotatable bonds is 2. The molecule has 1 aromatic rings. The van der Waals surface area contributed by atoms with Crippen LogP contribution in [0.5, 0.6) is 0 Å². The number of imide groups is 1. The van der Waals surface area contributed by atoms with Crippen LogP contribution in [0.25, 0.3) is 0 Å². The van der Waals surface area contributed by atoms with E-state index >= 15 is 0 Å². The van der Waals surface area contributed by atoms with Crippen LogP contribution in [0.15, 0.2) is 36.4 Å². The van der Waals surface area contributed by atoms with Crippen molar-refractivity contribution in [2.45, 2.75) is 25.0 Å². The SMILES string of the molecule is C[C@]12C=C[C@@](C)(O1)[C@H]1C(=O)N(c3cccc(C(=O)O)c3)C(=O)[C@H]12. The van der Waals surface area contributed by atoms with Crippen LogP contribution in [0, 0.1) is 11.8 Å². The molecule has 1 aromatic carbocycles. The van der Waals surface area contributed by atoms with Crippen LogP contribution >= 0.6 is 0 Å². The Balaban J connectivity index is 1.79. The van der Waals surface area contributed by atoms with E-state index in [1.165, 1.54) is 18.2 Å². The monoisotopic (exact) mass is 313 g/mol. The van der Waals surface area contributed by atoms with Crippen LogP contribution in [0.2, 0.25) is 0 Å². The third-order valence-electron chi connectivity index (χ3n) is 5.08. The number of nitrogens with zero attached hydrogens (tertiary/aromatic N) is 1. The normalized spacial score (nSPS) is 37.6. The van der Waals surface area contributed by atoms with Crippen LogP contribution in [0.1, 0.15) is 24.2 Å². The lowest BCUT2D eigenvalue weighted by Crippen LogP contribution is -2.39. The van der Waals surface area contributed by atoms with Crippen molar-refractivity contribution in [3.63, 3.8) is 0 Å². The van der Waals surface area contributed by atoms with Crippen LogP contribution in [-0.2, 0) is 14.3 Å². The summed E-state index contributed by atoms with van der Waals surface area (Å²) in [5, 5.41) is 9.10. The van der Waals surface area contributed by atoms with Gasteiger partial charge >= 0.3 is 5.97 Å². The van der Waals surface area contributed by atoms with E-state index in [0.717, 1.165) is 4.90 Å². The number of hydrogen-bond donors (Lipinski definition) is 1. The average molecular weight is 313 g/mol. The highest BCUT2D eigenvalue weighted by Gasteiger charge is 2.70. The van der Waals surface area contributed by atoms with Crippen molar-refractivity contribution in [1.29, 1.82) is 0 Å². The highest BCUT2D eigenvalue weighted by Crippen LogP contribution is 2.57. The summed E-state index contributed by atoms with van der Waals surface area (Å²) < 4.78 is 5.93. The van der Waals surface area contributed by atoms with Crippen LogP contribution in [-0.4, -0.2) is 34.1 Å². The van der Waals surface area contributed by atoms with Gasteiger partial charge in [0, 0.05) is 0 Å². The van der Waals surface area contributed by atoms with Crippen molar-refractivity contribution in [3.8, 4) is 0 Å². The third kappa shape index (κ3) is 1.64. The molecule has 23 heavy (non-hydrogen) atoms. The molecule has 1 N–H and O–H groups in total. The van der Waals surface area contributed by atoms with Crippen LogP contribution < -0.4 is 4.90 Å². The molecule has 3 heterocycles. The molecule has 2 bridgehead atoms. The highest BCUT2D eigenvalue weighted by atomic mass is 16.5. The number of fused-ring (bicyclic) bond motifs is 5. The number of amides is 2.